The molecule has 2 aromatic rings. The average molecular weight is 742 g/mol. The van der Waals surface area contributed by atoms with Gasteiger partial charge in [0.05, 0.1) is 18.0 Å². The normalized spacial score (nSPS) is 20.8. The molecule has 1 unspecified atom stereocenters. The van der Waals surface area contributed by atoms with Gasteiger partial charge in [-0.15, -0.1) is 11.3 Å². The number of nitrogens with zero attached hydrogens (tertiary/aromatic N) is 3. The van der Waals surface area contributed by atoms with E-state index in [-0.39, 0.29) is 35.6 Å². The zero-order valence-corrected chi connectivity index (χ0v) is 29.1. The fraction of sp³-hybridized carbons (Fsp3) is 0.500. The Bertz CT molecular complexity index is 1490. The minimum absolute atomic E-state index is 0.00362. The number of Topliss-reactive ketones (excluding diaryl/α,β-unsaturated/α-hetero) is 1. The number of rotatable bonds is 11. The van der Waals surface area contributed by atoms with E-state index in [1.165, 1.54) is 16.2 Å². The molecule has 43 heavy (non-hydrogen) atoms. The lowest BCUT2D eigenvalue weighted by Crippen LogP contribution is -2.66. The van der Waals surface area contributed by atoms with Crippen LogP contribution in [0.3, 0.4) is 0 Å². The molecule has 2 aliphatic rings. The van der Waals surface area contributed by atoms with E-state index in [2.05, 4.69) is 32.7 Å². The highest BCUT2D eigenvalue weighted by Gasteiger charge is 2.57. The second-order valence-corrected chi connectivity index (χ2v) is 15.3. The number of carbonyl (C=O) groups excluding carboxylic acids is 3. The second-order valence-electron chi connectivity index (χ2n) is 11.9. The number of ether oxygens (including phenoxy) is 2. The number of aryl methyl sites for hydroxylation is 1. The van der Waals surface area contributed by atoms with Gasteiger partial charge in [-0.2, -0.15) is 0 Å². The van der Waals surface area contributed by atoms with Crippen molar-refractivity contribution in [3.8, 4) is 5.75 Å². The number of methoxy groups -OCH3 is 1. The fourth-order valence-electron chi connectivity index (χ4n) is 4.34. The Kier molecular flexibility index (Phi) is 10.2. The first kappa shape index (κ1) is 33.2. The Morgan fingerprint density at radius 1 is 1.19 bits per heavy atom. The minimum atomic E-state index is -1.51. The van der Waals surface area contributed by atoms with E-state index in [9.17, 15) is 18.6 Å². The smallest absolute Gasteiger partial charge is 0.355 e. The first-order valence-corrected chi connectivity index (χ1v) is 17.5. The van der Waals surface area contributed by atoms with Crippen molar-refractivity contribution in [3.63, 3.8) is 0 Å². The van der Waals surface area contributed by atoms with Crippen molar-refractivity contribution < 1.29 is 32.9 Å². The van der Waals surface area contributed by atoms with Gasteiger partial charge in [-0.25, -0.2) is 9.78 Å². The molecule has 0 aliphatic carbocycles. The second kappa shape index (κ2) is 13.1. The van der Waals surface area contributed by atoms with Crippen LogP contribution in [0.5, 0.6) is 5.75 Å². The van der Waals surface area contributed by atoms with Crippen molar-refractivity contribution in [2.24, 2.45) is 16.5 Å². The highest BCUT2D eigenvalue weighted by atomic mass is 127. The van der Waals surface area contributed by atoms with Gasteiger partial charge in [-0.3, -0.25) is 18.7 Å². The van der Waals surface area contributed by atoms with E-state index in [0.29, 0.717) is 21.4 Å². The van der Waals surface area contributed by atoms with Gasteiger partial charge < -0.3 is 14.3 Å². The molecule has 3 atom stereocenters. The predicted molar refractivity (Wildman–Crippen MR) is 173 cm³/mol. The molecule has 0 bridgehead atoms. The maximum atomic E-state index is 13.7. The summed E-state index contributed by atoms with van der Waals surface area (Å²) in [6.07, 6.45) is -0.242. The highest BCUT2D eigenvalue weighted by molar-refractivity contribution is 14.1. The molecule has 0 radical (unpaired) electrons. The third-order valence-electron chi connectivity index (χ3n) is 7.90. The molecule has 1 aromatic carbocycles. The zero-order chi connectivity index (χ0) is 31.7. The Morgan fingerprint density at radius 3 is 2.42 bits per heavy atom. The molecule has 1 saturated heterocycles. The fourth-order valence-corrected chi connectivity index (χ4v) is 7.71. The van der Waals surface area contributed by atoms with Gasteiger partial charge in [0.1, 0.15) is 34.7 Å². The number of halogens is 1. The molecule has 13 heteroatoms. The predicted octanol–water partition coefficient (Wildman–Crippen LogP) is 4.94. The lowest BCUT2D eigenvalue weighted by Gasteiger charge is -2.49. The van der Waals surface area contributed by atoms with Crippen molar-refractivity contribution in [2.75, 3.05) is 17.3 Å². The third-order valence-corrected chi connectivity index (χ3v) is 11.3. The van der Waals surface area contributed by atoms with Crippen molar-refractivity contribution in [1.82, 2.24) is 9.88 Å². The summed E-state index contributed by atoms with van der Waals surface area (Å²) in [5.41, 5.74) is 0.817. The number of ketones is 1. The summed E-state index contributed by atoms with van der Waals surface area (Å²) in [5, 5.41) is 5.90. The first-order chi connectivity index (χ1) is 20.2. The Balaban J connectivity index is 1.54. The van der Waals surface area contributed by atoms with E-state index in [1.807, 2.05) is 41.5 Å². The van der Waals surface area contributed by atoms with Crippen molar-refractivity contribution in [3.05, 3.63) is 57.2 Å². The Hall–Kier alpha value is -2.65. The van der Waals surface area contributed by atoms with E-state index < -0.39 is 45.4 Å². The minimum Gasteiger partial charge on any atom is -0.497 e. The maximum Gasteiger partial charge on any atom is 0.355 e. The summed E-state index contributed by atoms with van der Waals surface area (Å²) in [7, 11) is 0.0604. The van der Waals surface area contributed by atoms with Crippen LogP contribution in [-0.4, -0.2) is 65.7 Å². The quantitative estimate of drug-likeness (QED) is 0.0793. The van der Waals surface area contributed by atoms with Gasteiger partial charge in [0.15, 0.2) is 11.5 Å². The summed E-state index contributed by atoms with van der Waals surface area (Å²) >= 11 is 3.45. The summed E-state index contributed by atoms with van der Waals surface area (Å²) in [6, 6.07) is 7.09. The number of β-lactam (4-membered cyclic amide) rings is 1. The van der Waals surface area contributed by atoms with Gasteiger partial charge in [0, 0.05) is 38.2 Å². The summed E-state index contributed by atoms with van der Waals surface area (Å²) in [4.78, 5) is 52.0. The largest absolute Gasteiger partial charge is 0.497 e. The van der Waals surface area contributed by atoms with Crippen LogP contribution in [0, 0.1) is 18.3 Å². The molecule has 3 heterocycles. The maximum absolute atomic E-state index is 13.7. The number of esters is 1. The lowest BCUT2D eigenvalue weighted by molar-refractivity contribution is -0.156. The monoisotopic (exact) mass is 741 g/mol. The molecule has 0 spiro atoms. The summed E-state index contributed by atoms with van der Waals surface area (Å²) in [6.45, 7) is 11.6. The third kappa shape index (κ3) is 7.03. The number of fused-ring (bicyclic) bond motifs is 1. The molecular formula is C30H36IN3O7S2. The Labute approximate surface area is 271 Å². The number of hydrogen-bond donors (Lipinski definition) is 0. The van der Waals surface area contributed by atoms with Crippen LogP contribution in [0.1, 0.15) is 57.3 Å². The van der Waals surface area contributed by atoms with Crippen LogP contribution in [-0.2, 0) is 41.4 Å². The number of carbonyl (C=O) groups is 3. The molecule has 1 fully saturated rings. The van der Waals surface area contributed by atoms with Crippen molar-refractivity contribution in [1.29, 1.82) is 0 Å². The van der Waals surface area contributed by atoms with Gasteiger partial charge in [0.25, 0.3) is 0 Å². The highest BCUT2D eigenvalue weighted by Crippen LogP contribution is 2.41. The molecule has 10 nitrogen and oxygen atoms in total. The summed E-state index contributed by atoms with van der Waals surface area (Å²) < 4.78 is 24.5. The molecule has 1 amide bonds. The average Bonchev–Trinajstić information content (AvgIpc) is 3.39. The van der Waals surface area contributed by atoms with Crippen molar-refractivity contribution >= 4 is 68.1 Å². The molecule has 0 N–H and O–H groups in total. The van der Waals surface area contributed by atoms with Crippen LogP contribution in [0.25, 0.3) is 0 Å². The first-order valence-electron chi connectivity index (χ1n) is 13.7. The van der Waals surface area contributed by atoms with E-state index in [1.54, 1.807) is 36.8 Å². The van der Waals surface area contributed by atoms with Crippen LogP contribution in [0.2, 0.25) is 0 Å². The lowest BCUT2D eigenvalue weighted by atomic mass is 9.79. The molecular weight excluding hydrogens is 705 g/mol. The number of thiazole rings is 1. The topological polar surface area (TPSA) is 124 Å². The van der Waals surface area contributed by atoms with Crippen LogP contribution in [0.15, 0.2) is 46.1 Å². The van der Waals surface area contributed by atoms with Crippen LogP contribution in [0.4, 0.5) is 0 Å². The number of alkyl halides is 1. The van der Waals surface area contributed by atoms with Crippen LogP contribution >= 0.6 is 33.9 Å². The van der Waals surface area contributed by atoms with E-state index in [0.717, 1.165) is 10.6 Å². The van der Waals surface area contributed by atoms with Gasteiger partial charge in [0.2, 0.25) is 5.91 Å². The molecule has 2 aliphatic heterocycles. The van der Waals surface area contributed by atoms with Crippen molar-refractivity contribution in [2.45, 2.75) is 65.5 Å². The molecule has 1 aromatic heterocycles. The van der Waals surface area contributed by atoms with Gasteiger partial charge in [-0.05, 0) is 44.0 Å². The Morgan fingerprint density at radius 2 is 1.86 bits per heavy atom. The summed E-state index contributed by atoms with van der Waals surface area (Å²) in [5.74, 6) is -1.65. The SMILES string of the molecule is COc1ccc(COC(=O)C2=C(CI)CS(=O)[C@@H]3[C@H](CC(=O)/C(=N/OC(C)(C)C(C)(C)C)c4csc(C)n4)C(=O)N23)cc1. The molecule has 4 rings (SSSR count). The van der Waals surface area contributed by atoms with Crippen LogP contribution < -0.4 is 4.74 Å². The number of amides is 1. The van der Waals surface area contributed by atoms with E-state index >= 15 is 0 Å². The van der Waals surface area contributed by atoms with E-state index in [4.69, 9.17) is 14.3 Å². The van der Waals surface area contributed by atoms with Gasteiger partial charge >= 0.3 is 5.97 Å². The standard InChI is InChI=1S/C30H36IN3O7S2/c1-17-32-22(15-42-17)24(33-41-30(5,6)29(2,3)4)23(35)12-21-26(36)34-25(19(13-31)16-43(38)27(21)34)28(37)40-14-18-8-10-20(39-7)11-9-18/h8-11,15,21,27H,12-14,16H2,1-7H3/b33-24+/t21-,27-,43?/m1/s1. The molecule has 0 saturated carbocycles. The number of benzene rings is 1. The number of oxime groups is 1. The number of aromatic nitrogens is 1. The number of hydrogen-bond acceptors (Lipinski definition) is 10. The zero-order valence-electron chi connectivity index (χ0n) is 25.3. The molecule has 232 valence electrons. The van der Waals surface area contributed by atoms with Gasteiger partial charge in [-0.1, -0.05) is 60.7 Å².